The van der Waals surface area contributed by atoms with Crippen molar-refractivity contribution in [3.05, 3.63) is 29.8 Å². The molecule has 0 atom stereocenters. The van der Waals surface area contributed by atoms with Crippen molar-refractivity contribution in [3.63, 3.8) is 0 Å². The van der Waals surface area contributed by atoms with Gasteiger partial charge in [0.25, 0.3) is 0 Å². The summed E-state index contributed by atoms with van der Waals surface area (Å²) in [5.41, 5.74) is 0.632. The van der Waals surface area contributed by atoms with Crippen LogP contribution in [0.2, 0.25) is 0 Å². The number of carbonyl (C=O) groups is 1. The Bertz CT molecular complexity index is 252. The zero-order valence-corrected chi connectivity index (χ0v) is 8.46. The van der Waals surface area contributed by atoms with Gasteiger partial charge in [-0.2, -0.15) is 0 Å². The molecule has 0 aliphatic carbocycles. The zero-order chi connectivity index (χ0) is 8.10. The molecule has 0 aliphatic heterocycles. The summed E-state index contributed by atoms with van der Waals surface area (Å²) in [6, 6.07) is 7.01. The average Bonchev–Trinajstić information content (AvgIpc) is 2.06. The van der Waals surface area contributed by atoms with E-state index in [2.05, 4.69) is 0 Å². The number of hydrogen-bond donors (Lipinski definition) is 0. The molecule has 58 valence electrons. The number of aldehydes is 1. The van der Waals surface area contributed by atoms with E-state index < -0.39 is 0 Å². The van der Waals surface area contributed by atoms with E-state index >= 15 is 0 Å². The summed E-state index contributed by atoms with van der Waals surface area (Å²) < 4.78 is 5.09. The predicted molar refractivity (Wildman–Crippen MR) is 54.1 cm³/mol. The molecular weight excluding hydrogens is 275 g/mol. The summed E-state index contributed by atoms with van der Waals surface area (Å²) in [5.74, 6) is 0.703. The van der Waals surface area contributed by atoms with Crippen LogP contribution in [0.3, 0.4) is 0 Å². The zero-order valence-electron chi connectivity index (χ0n) is 5.49. The largest absolute Gasteiger partial charge is 0.415 e. The smallest absolute Gasteiger partial charge is 0.150 e. The minimum absolute atomic E-state index is 0.632. The lowest BCUT2D eigenvalue weighted by Crippen LogP contribution is -1.80. The summed E-state index contributed by atoms with van der Waals surface area (Å²) >= 11 is 2.02. The fourth-order valence-corrected chi connectivity index (χ4v) is 1.48. The first-order valence-corrected chi connectivity index (χ1v) is 6.16. The van der Waals surface area contributed by atoms with Gasteiger partial charge in [0.15, 0.2) is 0 Å². The van der Waals surface area contributed by atoms with Crippen LogP contribution in [0, 0.1) is 0 Å². The lowest BCUT2D eigenvalue weighted by molar-refractivity contribution is 0.112. The molecule has 1 aromatic carbocycles. The molecule has 0 bridgehead atoms. The van der Waals surface area contributed by atoms with Crippen molar-refractivity contribution in [2.24, 2.45) is 0 Å². The number of rotatable bonds is 3. The Labute approximate surface area is 81.1 Å². The van der Waals surface area contributed by atoms with Crippen LogP contribution in [0.5, 0.6) is 5.75 Å². The van der Waals surface area contributed by atoms with Gasteiger partial charge in [-0.3, -0.25) is 4.79 Å². The number of benzene rings is 1. The van der Waals surface area contributed by atoms with E-state index in [4.69, 9.17) is 4.18 Å². The van der Waals surface area contributed by atoms with Gasteiger partial charge < -0.3 is 4.18 Å². The highest BCUT2D eigenvalue weighted by Gasteiger charge is 1.94. The topological polar surface area (TPSA) is 26.3 Å². The van der Waals surface area contributed by atoms with Gasteiger partial charge in [0.1, 0.15) is 21.2 Å². The van der Waals surface area contributed by atoms with Crippen LogP contribution in [0.15, 0.2) is 24.3 Å². The molecular formula is C7H5IO2S. The van der Waals surface area contributed by atoms with Crippen molar-refractivity contribution in [2.75, 3.05) is 0 Å². The second-order valence-electron chi connectivity index (χ2n) is 1.84. The molecule has 0 spiro atoms. The first-order chi connectivity index (χ1) is 5.36. The minimum Gasteiger partial charge on any atom is -0.415 e. The molecule has 0 radical (unpaired) electrons. The molecule has 1 aromatic rings. The van der Waals surface area contributed by atoms with Gasteiger partial charge in [-0.1, -0.05) is 12.1 Å². The second-order valence-corrected chi connectivity index (χ2v) is 3.21. The summed E-state index contributed by atoms with van der Waals surface area (Å²) in [6.07, 6.45) is 0.796. The molecule has 0 fully saturated rings. The monoisotopic (exact) mass is 280 g/mol. The first kappa shape index (κ1) is 8.86. The fourth-order valence-electron chi connectivity index (χ4n) is 0.676. The molecule has 0 unspecified atom stereocenters. The molecule has 11 heavy (non-hydrogen) atoms. The van der Waals surface area contributed by atoms with E-state index in [-0.39, 0.29) is 0 Å². The van der Waals surface area contributed by atoms with Crippen LogP contribution in [0.4, 0.5) is 0 Å². The highest BCUT2D eigenvalue weighted by molar-refractivity contribution is 14.2. The first-order valence-electron chi connectivity index (χ1n) is 2.87. The van der Waals surface area contributed by atoms with Crippen LogP contribution < -0.4 is 4.18 Å². The molecule has 2 nitrogen and oxygen atoms in total. The summed E-state index contributed by atoms with van der Waals surface area (Å²) in [6.45, 7) is 0. The summed E-state index contributed by atoms with van der Waals surface area (Å²) in [4.78, 5) is 10.3. The number of hydrogen-bond acceptors (Lipinski definition) is 3. The van der Waals surface area contributed by atoms with Crippen LogP contribution in [0.25, 0.3) is 0 Å². The van der Waals surface area contributed by atoms with E-state index in [0.717, 1.165) is 6.29 Å². The van der Waals surface area contributed by atoms with Crippen LogP contribution in [0.1, 0.15) is 10.4 Å². The normalized spacial score (nSPS) is 9.18. The van der Waals surface area contributed by atoms with Crippen LogP contribution in [-0.2, 0) is 0 Å². The van der Waals surface area contributed by atoms with Gasteiger partial charge in [-0.25, -0.2) is 0 Å². The Balaban J connectivity index is 2.82. The van der Waals surface area contributed by atoms with Crippen LogP contribution >= 0.6 is 30.4 Å². The van der Waals surface area contributed by atoms with Crippen molar-refractivity contribution in [1.29, 1.82) is 0 Å². The highest BCUT2D eigenvalue weighted by Crippen LogP contribution is 2.20. The predicted octanol–water partition coefficient (Wildman–Crippen LogP) is 2.88. The molecule has 1 rings (SSSR count). The van der Waals surface area contributed by atoms with Gasteiger partial charge in [0, 0.05) is 26.8 Å². The molecule has 0 saturated heterocycles. The Hall–Kier alpha value is -0.230. The second kappa shape index (κ2) is 4.61. The minimum atomic E-state index is 0.632. The van der Waals surface area contributed by atoms with Crippen LogP contribution in [-0.4, -0.2) is 6.29 Å². The van der Waals surface area contributed by atoms with Gasteiger partial charge in [0.05, 0.1) is 0 Å². The highest BCUT2D eigenvalue weighted by atomic mass is 127. The molecule has 0 N–H and O–H groups in total. The van der Waals surface area contributed by atoms with E-state index in [1.165, 1.54) is 9.21 Å². The number of carbonyl (C=O) groups excluding carboxylic acids is 1. The lowest BCUT2D eigenvalue weighted by atomic mass is 10.2. The van der Waals surface area contributed by atoms with Crippen molar-refractivity contribution >= 4 is 36.7 Å². The Morgan fingerprint density at radius 3 is 3.00 bits per heavy atom. The molecule has 4 heteroatoms. The quantitative estimate of drug-likeness (QED) is 0.484. The summed E-state index contributed by atoms with van der Waals surface area (Å²) in [7, 11) is 1.23. The lowest BCUT2D eigenvalue weighted by Gasteiger charge is -1.98. The number of halogens is 1. The Morgan fingerprint density at radius 2 is 2.36 bits per heavy atom. The molecule has 0 aromatic heterocycles. The Morgan fingerprint density at radius 1 is 1.55 bits per heavy atom. The maximum absolute atomic E-state index is 10.3. The third-order valence-corrected chi connectivity index (χ3v) is 1.92. The van der Waals surface area contributed by atoms with E-state index in [1.54, 1.807) is 24.3 Å². The molecule has 0 aliphatic rings. The SMILES string of the molecule is O=Cc1cccc(OSI)c1. The van der Waals surface area contributed by atoms with Gasteiger partial charge in [-0.05, 0) is 12.1 Å². The van der Waals surface area contributed by atoms with E-state index in [1.807, 2.05) is 21.2 Å². The van der Waals surface area contributed by atoms with Crippen molar-refractivity contribution in [2.45, 2.75) is 0 Å². The summed E-state index contributed by atoms with van der Waals surface area (Å²) in [5, 5.41) is 0. The molecule has 0 heterocycles. The average molecular weight is 280 g/mol. The Kier molecular flexibility index (Phi) is 3.71. The van der Waals surface area contributed by atoms with Crippen molar-refractivity contribution < 1.29 is 8.98 Å². The fraction of sp³-hybridized carbons (Fsp3) is 0. The standard InChI is InChI=1S/C7H5IO2S/c8-11-10-7-3-1-2-6(4-7)5-9/h1-5H. The van der Waals surface area contributed by atoms with E-state index in [0.29, 0.717) is 11.3 Å². The van der Waals surface area contributed by atoms with Gasteiger partial charge >= 0.3 is 0 Å². The van der Waals surface area contributed by atoms with Crippen molar-refractivity contribution in [1.82, 2.24) is 0 Å². The maximum Gasteiger partial charge on any atom is 0.150 e. The maximum atomic E-state index is 10.3. The molecule has 0 saturated carbocycles. The third kappa shape index (κ3) is 2.70. The van der Waals surface area contributed by atoms with Gasteiger partial charge in [-0.15, -0.1) is 0 Å². The van der Waals surface area contributed by atoms with Crippen molar-refractivity contribution in [3.8, 4) is 5.75 Å². The van der Waals surface area contributed by atoms with Gasteiger partial charge in [0.2, 0.25) is 0 Å². The molecule has 0 amide bonds. The third-order valence-electron chi connectivity index (χ3n) is 1.12. The van der Waals surface area contributed by atoms with E-state index in [9.17, 15) is 4.79 Å².